The van der Waals surface area contributed by atoms with Crippen LogP contribution in [0.4, 0.5) is 0 Å². The van der Waals surface area contributed by atoms with Crippen LogP contribution in [0.3, 0.4) is 0 Å². The third-order valence-electron chi connectivity index (χ3n) is 5.55. The van der Waals surface area contributed by atoms with E-state index in [2.05, 4.69) is 61.5 Å². The molecule has 1 aliphatic heterocycles. The van der Waals surface area contributed by atoms with Crippen molar-refractivity contribution in [2.45, 2.75) is 45.7 Å². The molecule has 1 amide bonds. The molecule has 0 bridgehead atoms. The second-order valence-electron chi connectivity index (χ2n) is 7.56. The summed E-state index contributed by atoms with van der Waals surface area (Å²) in [5.41, 5.74) is 5.14. The number of hydrogen-bond acceptors (Lipinski definition) is 2. The van der Waals surface area contributed by atoms with E-state index >= 15 is 0 Å². The van der Waals surface area contributed by atoms with E-state index in [-0.39, 0.29) is 17.9 Å². The average molecular weight is 337 g/mol. The molecule has 0 saturated carbocycles. The van der Waals surface area contributed by atoms with Gasteiger partial charge in [-0.05, 0) is 49.5 Å². The Kier molecular flexibility index (Phi) is 4.16. The third-order valence-corrected chi connectivity index (χ3v) is 5.55. The molecule has 4 heteroatoms. The number of aromatic nitrogens is 1. The summed E-state index contributed by atoms with van der Waals surface area (Å²) in [6.45, 7) is 7.90. The number of nitrogens with one attached hydrogen (secondary N) is 2. The van der Waals surface area contributed by atoms with Gasteiger partial charge in [0.1, 0.15) is 0 Å². The van der Waals surface area contributed by atoms with Gasteiger partial charge in [-0.25, -0.2) is 0 Å². The Morgan fingerprint density at radius 2 is 2.20 bits per heavy atom. The summed E-state index contributed by atoms with van der Waals surface area (Å²) in [6.07, 6.45) is 6.35. The minimum Gasteiger partial charge on any atom is -0.361 e. The molecule has 1 aromatic carbocycles. The van der Waals surface area contributed by atoms with E-state index in [9.17, 15) is 4.79 Å². The van der Waals surface area contributed by atoms with Crippen molar-refractivity contribution in [1.29, 1.82) is 0 Å². The molecule has 0 fully saturated rings. The Balaban J connectivity index is 1.71. The smallest absolute Gasteiger partial charge is 0.231 e. The maximum absolute atomic E-state index is 13.1. The van der Waals surface area contributed by atoms with Crippen molar-refractivity contribution in [2.75, 3.05) is 13.1 Å². The quantitative estimate of drug-likeness (QED) is 0.899. The summed E-state index contributed by atoms with van der Waals surface area (Å²) < 4.78 is 0. The van der Waals surface area contributed by atoms with Crippen LogP contribution in [-0.4, -0.2) is 41.0 Å². The summed E-state index contributed by atoms with van der Waals surface area (Å²) in [7, 11) is 0. The van der Waals surface area contributed by atoms with E-state index in [1.807, 2.05) is 4.90 Å². The predicted molar refractivity (Wildman–Crippen MR) is 102 cm³/mol. The van der Waals surface area contributed by atoms with E-state index in [1.54, 1.807) is 0 Å². The number of carbonyl (C=O) groups excluding carboxylic acids is 1. The zero-order valence-electron chi connectivity index (χ0n) is 15.3. The van der Waals surface area contributed by atoms with Crippen molar-refractivity contribution >= 4 is 22.4 Å². The lowest BCUT2D eigenvalue weighted by Gasteiger charge is -2.36. The summed E-state index contributed by atoms with van der Waals surface area (Å²) in [5.74, 6) is 0.179. The third kappa shape index (κ3) is 2.69. The van der Waals surface area contributed by atoms with Crippen LogP contribution in [0.15, 0.2) is 30.5 Å². The second-order valence-corrected chi connectivity index (χ2v) is 7.56. The van der Waals surface area contributed by atoms with E-state index in [0.717, 1.165) is 25.9 Å². The van der Waals surface area contributed by atoms with Crippen molar-refractivity contribution in [2.24, 2.45) is 5.92 Å². The number of benzene rings is 1. The Labute approximate surface area is 149 Å². The monoisotopic (exact) mass is 337 g/mol. The van der Waals surface area contributed by atoms with E-state index in [4.69, 9.17) is 0 Å². The van der Waals surface area contributed by atoms with Crippen LogP contribution in [0.25, 0.3) is 16.5 Å². The van der Waals surface area contributed by atoms with Gasteiger partial charge in [0.25, 0.3) is 0 Å². The minimum absolute atomic E-state index is 0.0732. The van der Waals surface area contributed by atoms with Gasteiger partial charge in [0.05, 0.1) is 5.92 Å². The van der Waals surface area contributed by atoms with Gasteiger partial charge in [0, 0.05) is 42.3 Å². The summed E-state index contributed by atoms with van der Waals surface area (Å²) in [4.78, 5) is 18.5. The number of fused-ring (bicyclic) bond motifs is 2. The molecule has 0 radical (unpaired) electrons. The summed E-state index contributed by atoms with van der Waals surface area (Å²) in [5, 5.41) is 4.96. The van der Waals surface area contributed by atoms with Crippen molar-refractivity contribution in [3.63, 3.8) is 0 Å². The van der Waals surface area contributed by atoms with E-state index in [1.165, 1.54) is 27.6 Å². The molecule has 4 rings (SSSR count). The van der Waals surface area contributed by atoms with Crippen LogP contribution in [0.5, 0.6) is 0 Å². The van der Waals surface area contributed by atoms with Crippen molar-refractivity contribution < 1.29 is 4.79 Å². The summed E-state index contributed by atoms with van der Waals surface area (Å²) in [6, 6.07) is 6.98. The number of nitrogens with zero attached hydrogens (tertiary/aromatic N) is 1. The van der Waals surface area contributed by atoms with E-state index in [0.29, 0.717) is 6.04 Å². The fourth-order valence-corrected chi connectivity index (χ4v) is 4.34. The highest BCUT2D eigenvalue weighted by Gasteiger charge is 2.33. The van der Waals surface area contributed by atoms with Crippen LogP contribution >= 0.6 is 0 Å². The van der Waals surface area contributed by atoms with Crippen LogP contribution in [-0.2, 0) is 11.2 Å². The number of aromatic amines is 1. The fraction of sp³-hybridized carbons (Fsp3) is 0.476. The molecule has 2 aromatic rings. The van der Waals surface area contributed by atoms with Crippen molar-refractivity contribution in [3.8, 4) is 0 Å². The molecular weight excluding hydrogens is 310 g/mol. The van der Waals surface area contributed by atoms with Gasteiger partial charge >= 0.3 is 0 Å². The van der Waals surface area contributed by atoms with Gasteiger partial charge in [-0.3, -0.25) is 4.79 Å². The lowest BCUT2D eigenvalue weighted by Crippen LogP contribution is -2.48. The van der Waals surface area contributed by atoms with Gasteiger partial charge < -0.3 is 15.2 Å². The Hall–Kier alpha value is -2.07. The van der Waals surface area contributed by atoms with Crippen molar-refractivity contribution in [1.82, 2.24) is 15.2 Å². The van der Waals surface area contributed by atoms with Crippen LogP contribution in [0.2, 0.25) is 0 Å². The molecule has 1 aliphatic carbocycles. The molecule has 1 aromatic heterocycles. The zero-order chi connectivity index (χ0) is 17.6. The van der Waals surface area contributed by atoms with Crippen molar-refractivity contribution in [3.05, 3.63) is 41.6 Å². The highest BCUT2D eigenvalue weighted by molar-refractivity contribution is 5.99. The first-order valence-electron chi connectivity index (χ1n) is 9.45. The molecule has 4 nitrogen and oxygen atoms in total. The molecule has 0 unspecified atom stereocenters. The number of H-pyrrole nitrogens is 1. The molecular formula is C21H27N3O. The number of rotatable bonds is 4. The lowest BCUT2D eigenvalue weighted by molar-refractivity contribution is -0.135. The topological polar surface area (TPSA) is 48.1 Å². The normalized spacial score (nSPS) is 22.0. The zero-order valence-corrected chi connectivity index (χ0v) is 15.3. The standard InChI is InChI=1S/C21H27N3O/c1-4-8-24(13(2)3)21(25)15-9-17-16-6-5-7-18-20(16)14(11-22-18)10-19(17)23-12-15/h5-7,9,11,13,15,19,22-23H,4,8,10,12H2,1-3H3/t15-,19-/m1/s1. The van der Waals surface area contributed by atoms with Crippen LogP contribution in [0, 0.1) is 5.92 Å². The summed E-state index contributed by atoms with van der Waals surface area (Å²) >= 11 is 0. The first kappa shape index (κ1) is 16.4. The molecule has 2 aliphatic rings. The first-order valence-corrected chi connectivity index (χ1v) is 9.45. The van der Waals surface area contributed by atoms with E-state index < -0.39 is 0 Å². The second kappa shape index (κ2) is 6.34. The number of carbonyl (C=O) groups is 1. The molecule has 25 heavy (non-hydrogen) atoms. The molecule has 132 valence electrons. The largest absolute Gasteiger partial charge is 0.361 e. The van der Waals surface area contributed by atoms with Gasteiger partial charge in [-0.2, -0.15) is 0 Å². The van der Waals surface area contributed by atoms with Crippen LogP contribution in [0.1, 0.15) is 38.3 Å². The molecule has 2 atom stereocenters. The lowest BCUT2D eigenvalue weighted by atomic mass is 9.80. The maximum atomic E-state index is 13.1. The Morgan fingerprint density at radius 3 is 2.96 bits per heavy atom. The first-order chi connectivity index (χ1) is 12.1. The number of amides is 1. The average Bonchev–Trinajstić information content (AvgIpc) is 3.03. The Morgan fingerprint density at radius 1 is 1.36 bits per heavy atom. The molecule has 2 heterocycles. The van der Waals surface area contributed by atoms with Gasteiger partial charge in [-0.1, -0.05) is 25.1 Å². The number of hydrogen-bond donors (Lipinski definition) is 2. The van der Waals surface area contributed by atoms with Gasteiger partial charge in [-0.15, -0.1) is 0 Å². The Bertz CT molecular complexity index is 833. The van der Waals surface area contributed by atoms with Gasteiger partial charge in [0.2, 0.25) is 5.91 Å². The maximum Gasteiger partial charge on any atom is 0.231 e. The molecule has 2 N–H and O–H groups in total. The minimum atomic E-state index is -0.0732. The highest BCUT2D eigenvalue weighted by Crippen LogP contribution is 2.38. The predicted octanol–water partition coefficient (Wildman–Crippen LogP) is 3.34. The molecule has 0 saturated heterocycles. The van der Waals surface area contributed by atoms with Gasteiger partial charge in [0.15, 0.2) is 0 Å². The molecule has 0 spiro atoms. The fourth-order valence-electron chi connectivity index (χ4n) is 4.34. The highest BCUT2D eigenvalue weighted by atomic mass is 16.2. The SMILES string of the molecule is CCCN(C(=O)[C@@H]1C=C2c3cccc4[nH]cc(c34)C[C@H]2NC1)C(C)C. The van der Waals surface area contributed by atoms with Crippen LogP contribution < -0.4 is 5.32 Å².